The first kappa shape index (κ1) is 18.3. The zero-order valence-corrected chi connectivity index (χ0v) is 13.2. The highest BCUT2D eigenvalue weighted by Gasteiger charge is 2.31. The van der Waals surface area contributed by atoms with Gasteiger partial charge in [0.15, 0.2) is 0 Å². The van der Waals surface area contributed by atoms with Crippen molar-refractivity contribution in [3.8, 4) is 0 Å². The van der Waals surface area contributed by atoms with Crippen LogP contribution in [-0.2, 0) is 6.18 Å². The van der Waals surface area contributed by atoms with Crippen LogP contribution in [0.3, 0.4) is 0 Å². The van der Waals surface area contributed by atoms with Gasteiger partial charge in [-0.1, -0.05) is 13.8 Å². The number of nitrogens with zero attached hydrogens (tertiary/aromatic N) is 1. The zero-order chi connectivity index (χ0) is 16.1. The maximum atomic E-state index is 12.5. The second-order valence-corrected chi connectivity index (χ2v) is 6.72. The van der Waals surface area contributed by atoms with E-state index in [4.69, 9.17) is 0 Å². The molecule has 0 bridgehead atoms. The first-order valence-corrected chi connectivity index (χ1v) is 7.64. The minimum Gasteiger partial charge on any atom is -0.394 e. The number of thioether (sulfide) groups is 1. The van der Waals surface area contributed by atoms with Crippen LogP contribution in [0.4, 0.5) is 13.2 Å². The molecule has 0 amide bonds. The Bertz CT molecular complexity index is 439. The summed E-state index contributed by atoms with van der Waals surface area (Å²) >= 11 is 1.40. The Hall–Kier alpha value is -0.790. The maximum Gasteiger partial charge on any atom is 0.417 e. The number of nitrogens with one attached hydrogen (secondary N) is 1. The number of hydrogen-bond donors (Lipinski definition) is 2. The lowest BCUT2D eigenvalue weighted by Crippen LogP contribution is -2.47. The number of pyridine rings is 1. The molecule has 21 heavy (non-hydrogen) atoms. The van der Waals surface area contributed by atoms with E-state index in [0.29, 0.717) is 11.4 Å². The average Bonchev–Trinajstić information content (AvgIpc) is 2.38. The Labute approximate surface area is 127 Å². The molecule has 1 heterocycles. The summed E-state index contributed by atoms with van der Waals surface area (Å²) in [5, 5.41) is 13.3. The molecular formula is C14H21F3N2OS. The van der Waals surface area contributed by atoms with E-state index in [9.17, 15) is 18.3 Å². The third kappa shape index (κ3) is 5.84. The number of aliphatic hydroxyl groups is 1. The van der Waals surface area contributed by atoms with Gasteiger partial charge in [0.05, 0.1) is 17.2 Å². The topological polar surface area (TPSA) is 45.1 Å². The van der Waals surface area contributed by atoms with Crippen LogP contribution < -0.4 is 5.32 Å². The number of rotatable bonds is 7. The van der Waals surface area contributed by atoms with Crippen LogP contribution in [-0.4, -0.2) is 34.0 Å². The molecule has 7 heteroatoms. The van der Waals surface area contributed by atoms with E-state index in [0.717, 1.165) is 18.8 Å². The fourth-order valence-corrected chi connectivity index (χ4v) is 3.24. The monoisotopic (exact) mass is 322 g/mol. The van der Waals surface area contributed by atoms with Gasteiger partial charge in [0.1, 0.15) is 0 Å². The van der Waals surface area contributed by atoms with E-state index in [1.165, 1.54) is 17.8 Å². The number of hydrogen-bond acceptors (Lipinski definition) is 4. The summed E-state index contributed by atoms with van der Waals surface area (Å²) in [6.07, 6.45) is -2.82. The average molecular weight is 322 g/mol. The summed E-state index contributed by atoms with van der Waals surface area (Å²) in [7, 11) is 0. The Morgan fingerprint density at radius 2 is 2.05 bits per heavy atom. The van der Waals surface area contributed by atoms with Gasteiger partial charge in [-0.25, -0.2) is 4.98 Å². The molecule has 0 aliphatic heterocycles. The zero-order valence-electron chi connectivity index (χ0n) is 12.4. The lowest BCUT2D eigenvalue weighted by Gasteiger charge is -2.30. The third-order valence-electron chi connectivity index (χ3n) is 3.08. The van der Waals surface area contributed by atoms with Crippen LogP contribution >= 0.6 is 11.8 Å². The van der Waals surface area contributed by atoms with Crippen molar-refractivity contribution in [2.24, 2.45) is 0 Å². The molecule has 2 N–H and O–H groups in total. The molecule has 0 saturated carbocycles. The summed E-state index contributed by atoms with van der Waals surface area (Å²) < 4.78 is 37.4. The van der Waals surface area contributed by atoms with Gasteiger partial charge in [-0.3, -0.25) is 0 Å². The number of aliphatic hydroxyl groups excluding tert-OH is 1. The van der Waals surface area contributed by atoms with Gasteiger partial charge in [0.2, 0.25) is 0 Å². The number of likely N-dealkylation sites (N-methyl/N-ethyl adjacent to an activating group) is 1. The van der Waals surface area contributed by atoms with Crippen molar-refractivity contribution in [3.05, 3.63) is 23.9 Å². The molecule has 0 aliphatic carbocycles. The molecule has 0 radical (unpaired) electrons. The molecule has 1 aromatic rings. The first-order valence-electron chi connectivity index (χ1n) is 6.76. The molecule has 0 fully saturated rings. The van der Waals surface area contributed by atoms with E-state index in [1.807, 2.05) is 20.8 Å². The van der Waals surface area contributed by atoms with Crippen LogP contribution in [0, 0.1) is 0 Å². The molecule has 1 rings (SSSR count). The highest BCUT2D eigenvalue weighted by molar-refractivity contribution is 7.99. The van der Waals surface area contributed by atoms with Gasteiger partial charge >= 0.3 is 6.18 Å². The Morgan fingerprint density at radius 3 is 2.48 bits per heavy atom. The first-order chi connectivity index (χ1) is 9.70. The van der Waals surface area contributed by atoms with Gasteiger partial charge in [-0.2, -0.15) is 13.2 Å². The molecule has 0 saturated heterocycles. The lowest BCUT2D eigenvalue weighted by molar-refractivity contribution is -0.137. The lowest BCUT2D eigenvalue weighted by atomic mass is 9.97. The second kappa shape index (κ2) is 7.47. The number of aromatic nitrogens is 1. The van der Waals surface area contributed by atoms with E-state index in [2.05, 4.69) is 10.3 Å². The number of alkyl halides is 3. The van der Waals surface area contributed by atoms with Gasteiger partial charge in [0.25, 0.3) is 0 Å². The highest BCUT2D eigenvalue weighted by Crippen LogP contribution is 2.31. The smallest absolute Gasteiger partial charge is 0.394 e. The van der Waals surface area contributed by atoms with Crippen molar-refractivity contribution in [2.75, 3.05) is 13.2 Å². The Morgan fingerprint density at radius 1 is 1.38 bits per heavy atom. The van der Waals surface area contributed by atoms with E-state index >= 15 is 0 Å². The van der Waals surface area contributed by atoms with E-state index in [1.54, 1.807) is 0 Å². The van der Waals surface area contributed by atoms with Crippen molar-refractivity contribution in [2.45, 2.75) is 49.2 Å². The standard InChI is InChI=1S/C14H21F3N2OS/c1-4-19-13(3,9-20)7-10(2)21-12-6-5-11(8-18-12)14(15,16)17/h5-6,8,10,19-20H,4,7,9H2,1-3H3. The van der Waals surface area contributed by atoms with Crippen LogP contribution in [0.5, 0.6) is 0 Å². The molecule has 2 unspecified atom stereocenters. The maximum absolute atomic E-state index is 12.5. The van der Waals surface area contributed by atoms with Crippen molar-refractivity contribution in [1.29, 1.82) is 0 Å². The van der Waals surface area contributed by atoms with Gasteiger partial charge < -0.3 is 10.4 Å². The van der Waals surface area contributed by atoms with Crippen LogP contribution in [0.15, 0.2) is 23.4 Å². The van der Waals surface area contributed by atoms with Gasteiger partial charge in [-0.05, 0) is 32.0 Å². The fourth-order valence-electron chi connectivity index (χ4n) is 2.12. The third-order valence-corrected chi connectivity index (χ3v) is 4.13. The summed E-state index contributed by atoms with van der Waals surface area (Å²) in [4.78, 5) is 3.85. The number of halogens is 3. The van der Waals surface area contributed by atoms with Crippen molar-refractivity contribution in [3.63, 3.8) is 0 Å². The second-order valence-electron chi connectivity index (χ2n) is 5.26. The Kier molecular flexibility index (Phi) is 6.49. The van der Waals surface area contributed by atoms with E-state index in [-0.39, 0.29) is 11.9 Å². The van der Waals surface area contributed by atoms with Crippen molar-refractivity contribution in [1.82, 2.24) is 10.3 Å². The predicted molar refractivity (Wildman–Crippen MR) is 78.3 cm³/mol. The van der Waals surface area contributed by atoms with Crippen LogP contribution in [0.25, 0.3) is 0 Å². The molecule has 3 nitrogen and oxygen atoms in total. The van der Waals surface area contributed by atoms with Crippen molar-refractivity contribution < 1.29 is 18.3 Å². The quantitative estimate of drug-likeness (QED) is 0.756. The van der Waals surface area contributed by atoms with Crippen molar-refractivity contribution >= 4 is 11.8 Å². The molecule has 0 aliphatic rings. The molecule has 0 aromatic carbocycles. The molecule has 1 aromatic heterocycles. The minimum atomic E-state index is -4.36. The minimum absolute atomic E-state index is 0.00613. The summed E-state index contributed by atoms with van der Waals surface area (Å²) in [5.41, 5.74) is -1.14. The van der Waals surface area contributed by atoms with Crippen LogP contribution in [0.1, 0.15) is 32.8 Å². The largest absolute Gasteiger partial charge is 0.417 e. The predicted octanol–water partition coefficient (Wildman–Crippen LogP) is 3.33. The fraction of sp³-hybridized carbons (Fsp3) is 0.643. The van der Waals surface area contributed by atoms with Gasteiger partial charge in [0, 0.05) is 17.0 Å². The molecule has 2 atom stereocenters. The van der Waals surface area contributed by atoms with Gasteiger partial charge in [-0.15, -0.1) is 11.8 Å². The summed E-state index contributed by atoms with van der Waals surface area (Å²) in [6.45, 7) is 6.60. The molecular weight excluding hydrogens is 301 g/mol. The van der Waals surface area contributed by atoms with E-state index < -0.39 is 17.3 Å². The summed E-state index contributed by atoms with van der Waals surface area (Å²) in [6, 6.07) is 2.42. The SMILES string of the molecule is CCNC(C)(CO)CC(C)Sc1ccc(C(F)(F)F)cn1. The highest BCUT2D eigenvalue weighted by atomic mass is 32.2. The molecule has 120 valence electrons. The Balaban J connectivity index is 2.64. The normalized spacial score (nSPS) is 16.5. The molecule has 0 spiro atoms. The summed E-state index contributed by atoms with van der Waals surface area (Å²) in [5.74, 6) is 0. The van der Waals surface area contributed by atoms with Crippen LogP contribution in [0.2, 0.25) is 0 Å².